The van der Waals surface area contributed by atoms with Gasteiger partial charge in [-0.15, -0.1) is 11.3 Å². The third-order valence-electron chi connectivity index (χ3n) is 2.45. The summed E-state index contributed by atoms with van der Waals surface area (Å²) in [5.74, 6) is 0. The number of anilines is 3. The van der Waals surface area contributed by atoms with Crippen LogP contribution in [-0.2, 0) is 0 Å². The van der Waals surface area contributed by atoms with Gasteiger partial charge in [0.25, 0.3) is 0 Å². The van der Waals surface area contributed by atoms with E-state index in [1.54, 1.807) is 11.3 Å². The standard InChI is InChI=1S/C12H15N3S/c1-15(2)12-9(5-6-16-12)8-3-4-10(13)11(14)7-8/h3-7H,13-14H2,1-2H3. The molecule has 0 bridgehead atoms. The molecule has 4 heteroatoms. The van der Waals surface area contributed by atoms with E-state index in [1.165, 1.54) is 10.6 Å². The molecule has 0 unspecified atom stereocenters. The summed E-state index contributed by atoms with van der Waals surface area (Å²) in [7, 11) is 4.08. The van der Waals surface area contributed by atoms with Gasteiger partial charge in [-0.3, -0.25) is 0 Å². The molecule has 0 atom stereocenters. The number of thiophene rings is 1. The molecule has 0 spiro atoms. The Morgan fingerprint density at radius 2 is 1.81 bits per heavy atom. The lowest BCUT2D eigenvalue weighted by molar-refractivity contribution is 1.16. The highest BCUT2D eigenvalue weighted by Crippen LogP contribution is 2.36. The molecule has 0 saturated carbocycles. The Bertz CT molecular complexity index is 503. The molecule has 0 radical (unpaired) electrons. The minimum atomic E-state index is 0.630. The molecule has 3 nitrogen and oxygen atoms in total. The highest BCUT2D eigenvalue weighted by molar-refractivity contribution is 7.14. The van der Waals surface area contributed by atoms with Crippen LogP contribution in [0.3, 0.4) is 0 Å². The van der Waals surface area contributed by atoms with E-state index in [4.69, 9.17) is 11.5 Å². The Morgan fingerprint density at radius 3 is 2.44 bits per heavy atom. The van der Waals surface area contributed by atoms with Crippen LogP contribution >= 0.6 is 11.3 Å². The molecule has 1 heterocycles. The molecule has 0 saturated heterocycles. The first-order valence-corrected chi connectivity index (χ1v) is 5.87. The maximum Gasteiger partial charge on any atom is 0.0983 e. The van der Waals surface area contributed by atoms with Crippen molar-refractivity contribution in [3.05, 3.63) is 29.6 Å². The predicted molar refractivity (Wildman–Crippen MR) is 72.9 cm³/mol. The van der Waals surface area contributed by atoms with Crippen molar-refractivity contribution < 1.29 is 0 Å². The van der Waals surface area contributed by atoms with Gasteiger partial charge in [0.15, 0.2) is 0 Å². The van der Waals surface area contributed by atoms with E-state index >= 15 is 0 Å². The minimum absolute atomic E-state index is 0.630. The second kappa shape index (κ2) is 4.06. The van der Waals surface area contributed by atoms with Crippen molar-refractivity contribution in [2.75, 3.05) is 30.5 Å². The van der Waals surface area contributed by atoms with Crippen molar-refractivity contribution in [1.29, 1.82) is 0 Å². The van der Waals surface area contributed by atoms with Gasteiger partial charge in [0.1, 0.15) is 0 Å². The van der Waals surface area contributed by atoms with Crippen LogP contribution in [0.4, 0.5) is 16.4 Å². The van der Waals surface area contributed by atoms with Crippen molar-refractivity contribution in [1.82, 2.24) is 0 Å². The number of rotatable bonds is 2. The molecule has 84 valence electrons. The van der Waals surface area contributed by atoms with Crippen molar-refractivity contribution in [2.24, 2.45) is 0 Å². The second-order valence-electron chi connectivity index (χ2n) is 3.88. The van der Waals surface area contributed by atoms with Gasteiger partial charge in [0.2, 0.25) is 0 Å². The minimum Gasteiger partial charge on any atom is -0.397 e. The lowest BCUT2D eigenvalue weighted by Crippen LogP contribution is -2.07. The van der Waals surface area contributed by atoms with E-state index in [0.717, 1.165) is 5.56 Å². The lowest BCUT2D eigenvalue weighted by atomic mass is 10.1. The van der Waals surface area contributed by atoms with Crippen LogP contribution in [0.2, 0.25) is 0 Å². The zero-order chi connectivity index (χ0) is 11.7. The van der Waals surface area contributed by atoms with Crippen LogP contribution in [-0.4, -0.2) is 14.1 Å². The molecule has 16 heavy (non-hydrogen) atoms. The van der Waals surface area contributed by atoms with Gasteiger partial charge in [-0.05, 0) is 29.1 Å². The van der Waals surface area contributed by atoms with Gasteiger partial charge in [0, 0.05) is 19.7 Å². The molecular weight excluding hydrogens is 218 g/mol. The maximum absolute atomic E-state index is 5.82. The van der Waals surface area contributed by atoms with Crippen molar-refractivity contribution in [3.63, 3.8) is 0 Å². The van der Waals surface area contributed by atoms with Crippen molar-refractivity contribution in [3.8, 4) is 11.1 Å². The van der Waals surface area contributed by atoms with Crippen LogP contribution in [0.1, 0.15) is 0 Å². The Hall–Kier alpha value is -1.68. The number of hydrogen-bond acceptors (Lipinski definition) is 4. The molecule has 0 aliphatic heterocycles. The molecular formula is C12H15N3S. The molecule has 4 N–H and O–H groups in total. The van der Waals surface area contributed by atoms with Crippen molar-refractivity contribution in [2.45, 2.75) is 0 Å². The Kier molecular flexibility index (Phi) is 2.75. The molecule has 0 aliphatic carbocycles. The second-order valence-corrected chi connectivity index (χ2v) is 4.77. The van der Waals surface area contributed by atoms with Crippen LogP contribution < -0.4 is 16.4 Å². The maximum atomic E-state index is 5.82. The predicted octanol–water partition coefficient (Wildman–Crippen LogP) is 2.65. The summed E-state index contributed by atoms with van der Waals surface area (Å²) in [6, 6.07) is 7.87. The number of nitrogens with zero attached hydrogens (tertiary/aromatic N) is 1. The third kappa shape index (κ3) is 1.84. The van der Waals surface area contributed by atoms with Crippen LogP contribution in [0.25, 0.3) is 11.1 Å². The fourth-order valence-electron chi connectivity index (χ4n) is 1.61. The largest absolute Gasteiger partial charge is 0.397 e. The summed E-state index contributed by atoms with van der Waals surface area (Å²) < 4.78 is 0. The SMILES string of the molecule is CN(C)c1sccc1-c1ccc(N)c(N)c1. The summed E-state index contributed by atoms with van der Waals surface area (Å²) in [6.45, 7) is 0. The molecule has 2 aromatic rings. The van der Waals surface area contributed by atoms with E-state index in [1.807, 2.05) is 32.3 Å². The first-order chi connectivity index (χ1) is 7.59. The average Bonchev–Trinajstić information content (AvgIpc) is 2.71. The monoisotopic (exact) mass is 233 g/mol. The normalized spacial score (nSPS) is 10.4. The summed E-state index contributed by atoms with van der Waals surface area (Å²) in [6.07, 6.45) is 0. The summed E-state index contributed by atoms with van der Waals surface area (Å²) >= 11 is 1.72. The van der Waals surface area contributed by atoms with Crippen LogP contribution in [0, 0.1) is 0 Å². The number of nitrogens with two attached hydrogens (primary N) is 2. The molecule has 1 aromatic carbocycles. The quantitative estimate of drug-likeness (QED) is 0.784. The van der Waals surface area contributed by atoms with E-state index in [2.05, 4.69) is 16.3 Å². The lowest BCUT2D eigenvalue weighted by Gasteiger charge is -2.13. The van der Waals surface area contributed by atoms with Crippen molar-refractivity contribution >= 4 is 27.7 Å². The zero-order valence-corrected chi connectivity index (χ0v) is 10.2. The van der Waals surface area contributed by atoms with E-state index in [0.29, 0.717) is 11.4 Å². The zero-order valence-electron chi connectivity index (χ0n) is 9.40. The van der Waals surface area contributed by atoms with Crippen LogP contribution in [0.5, 0.6) is 0 Å². The number of benzene rings is 1. The summed E-state index contributed by atoms with van der Waals surface area (Å²) in [5, 5.41) is 3.31. The topological polar surface area (TPSA) is 55.3 Å². The van der Waals surface area contributed by atoms with E-state index in [-0.39, 0.29) is 0 Å². The fourth-order valence-corrected chi connectivity index (χ4v) is 2.47. The first-order valence-electron chi connectivity index (χ1n) is 5.00. The number of nitrogen functional groups attached to an aromatic ring is 2. The first kappa shape index (κ1) is 10.8. The van der Waals surface area contributed by atoms with Gasteiger partial charge >= 0.3 is 0 Å². The smallest absolute Gasteiger partial charge is 0.0983 e. The summed E-state index contributed by atoms with van der Waals surface area (Å²) in [4.78, 5) is 2.10. The average molecular weight is 233 g/mol. The van der Waals surface area contributed by atoms with Gasteiger partial charge < -0.3 is 16.4 Å². The van der Waals surface area contributed by atoms with Gasteiger partial charge in [-0.2, -0.15) is 0 Å². The number of hydrogen-bond donors (Lipinski definition) is 2. The molecule has 0 fully saturated rings. The molecule has 1 aromatic heterocycles. The van der Waals surface area contributed by atoms with Gasteiger partial charge in [-0.25, -0.2) is 0 Å². The Labute approximate surface area is 99.3 Å². The Balaban J connectivity index is 2.50. The van der Waals surface area contributed by atoms with Gasteiger partial charge in [-0.1, -0.05) is 6.07 Å². The summed E-state index contributed by atoms with van der Waals surface area (Å²) in [5.41, 5.74) is 15.1. The van der Waals surface area contributed by atoms with E-state index in [9.17, 15) is 0 Å². The van der Waals surface area contributed by atoms with Gasteiger partial charge in [0.05, 0.1) is 16.4 Å². The fraction of sp³-hybridized carbons (Fsp3) is 0.167. The van der Waals surface area contributed by atoms with Crippen LogP contribution in [0.15, 0.2) is 29.6 Å². The van der Waals surface area contributed by atoms with E-state index < -0.39 is 0 Å². The molecule has 0 aliphatic rings. The highest BCUT2D eigenvalue weighted by atomic mass is 32.1. The molecule has 2 rings (SSSR count). The Morgan fingerprint density at radius 1 is 1.06 bits per heavy atom. The third-order valence-corrected chi connectivity index (χ3v) is 3.53. The highest BCUT2D eigenvalue weighted by Gasteiger charge is 2.09. The molecule has 0 amide bonds.